The highest BCUT2D eigenvalue weighted by Gasteiger charge is 2.24. The van der Waals surface area contributed by atoms with Gasteiger partial charge in [-0.15, -0.1) is 24.8 Å². The Morgan fingerprint density at radius 1 is 1.00 bits per heavy atom. The number of fused-ring (bicyclic) bond motifs is 2. The van der Waals surface area contributed by atoms with E-state index in [2.05, 4.69) is 40.0 Å². The molecule has 29 heavy (non-hydrogen) atoms. The minimum atomic E-state index is 0. The lowest BCUT2D eigenvalue weighted by Crippen LogP contribution is -2.16. The number of anilines is 2. The summed E-state index contributed by atoms with van der Waals surface area (Å²) in [5.74, 6) is 1.47. The summed E-state index contributed by atoms with van der Waals surface area (Å²) in [5, 5.41) is 1.80. The molecule has 0 fully saturated rings. The van der Waals surface area contributed by atoms with Crippen LogP contribution in [-0.2, 0) is 6.42 Å². The number of aromatic nitrogens is 4. The molecule has 0 N–H and O–H groups in total. The van der Waals surface area contributed by atoms with E-state index in [4.69, 9.17) is 21.6 Å². The van der Waals surface area contributed by atoms with Crippen LogP contribution in [0.5, 0.6) is 0 Å². The molecular weight excluding hydrogens is 429 g/mol. The summed E-state index contributed by atoms with van der Waals surface area (Å²) < 4.78 is 0. The summed E-state index contributed by atoms with van der Waals surface area (Å²) in [7, 11) is 0. The van der Waals surface area contributed by atoms with Gasteiger partial charge in [0.05, 0.1) is 11.7 Å². The summed E-state index contributed by atoms with van der Waals surface area (Å²) in [5.41, 5.74) is 5.12. The maximum absolute atomic E-state index is 6.18. The molecule has 0 saturated carbocycles. The predicted molar refractivity (Wildman–Crippen MR) is 122 cm³/mol. The SMILES string of the molecule is Cc1ccc2nc(-c3cnccn3)nc(N3CCc4cc(Cl)ccc43)c2c1.Cl.Cl. The molecule has 8 heteroatoms. The second-order valence-corrected chi connectivity index (χ2v) is 7.09. The Morgan fingerprint density at radius 3 is 2.66 bits per heavy atom. The van der Waals surface area contributed by atoms with Crippen LogP contribution >= 0.6 is 36.4 Å². The van der Waals surface area contributed by atoms with Gasteiger partial charge in [-0.1, -0.05) is 23.2 Å². The topological polar surface area (TPSA) is 54.8 Å². The minimum Gasteiger partial charge on any atom is -0.325 e. The van der Waals surface area contributed by atoms with E-state index in [0.717, 1.165) is 40.4 Å². The molecule has 1 aliphatic rings. The lowest BCUT2D eigenvalue weighted by molar-refractivity contribution is 0.974. The Balaban J connectivity index is 0.00000120. The van der Waals surface area contributed by atoms with E-state index >= 15 is 0 Å². The lowest BCUT2D eigenvalue weighted by atomic mass is 10.1. The molecule has 0 aliphatic carbocycles. The standard InChI is InChI=1S/C21H16ClN5.2ClH/c1-13-2-4-17-16(10-13)21(26-20(25-17)18-12-23-7-8-24-18)27-9-6-14-11-15(22)3-5-19(14)27;;/h2-5,7-8,10-12H,6,9H2,1H3;2*1H. The molecular formula is C21H18Cl3N5. The van der Waals surface area contributed by atoms with Gasteiger partial charge in [0.2, 0.25) is 0 Å². The van der Waals surface area contributed by atoms with Crippen LogP contribution in [0.4, 0.5) is 11.5 Å². The Kier molecular flexibility index (Phi) is 6.22. The van der Waals surface area contributed by atoms with Gasteiger partial charge < -0.3 is 4.90 Å². The van der Waals surface area contributed by atoms with Crippen molar-refractivity contribution in [1.29, 1.82) is 0 Å². The number of hydrogen-bond acceptors (Lipinski definition) is 5. The first-order valence-electron chi connectivity index (χ1n) is 8.80. The van der Waals surface area contributed by atoms with E-state index in [1.54, 1.807) is 18.6 Å². The summed E-state index contributed by atoms with van der Waals surface area (Å²) >= 11 is 6.18. The first-order valence-corrected chi connectivity index (χ1v) is 9.17. The van der Waals surface area contributed by atoms with Crippen LogP contribution in [0.25, 0.3) is 22.4 Å². The smallest absolute Gasteiger partial charge is 0.182 e. The predicted octanol–water partition coefficient (Wildman–Crippen LogP) is 5.59. The largest absolute Gasteiger partial charge is 0.325 e. The van der Waals surface area contributed by atoms with E-state index < -0.39 is 0 Å². The van der Waals surface area contributed by atoms with Crippen molar-refractivity contribution in [3.05, 3.63) is 71.1 Å². The molecule has 0 spiro atoms. The quantitative estimate of drug-likeness (QED) is 0.402. The van der Waals surface area contributed by atoms with E-state index in [1.807, 2.05) is 18.2 Å². The van der Waals surface area contributed by atoms with Crippen LogP contribution in [0.3, 0.4) is 0 Å². The van der Waals surface area contributed by atoms with Gasteiger partial charge >= 0.3 is 0 Å². The van der Waals surface area contributed by atoms with Gasteiger partial charge in [-0.3, -0.25) is 4.98 Å². The zero-order chi connectivity index (χ0) is 18.4. The zero-order valence-corrected chi connectivity index (χ0v) is 17.9. The van der Waals surface area contributed by atoms with Crippen molar-refractivity contribution in [1.82, 2.24) is 19.9 Å². The van der Waals surface area contributed by atoms with E-state index in [-0.39, 0.29) is 24.8 Å². The normalized spacial score (nSPS) is 12.3. The van der Waals surface area contributed by atoms with Crippen molar-refractivity contribution < 1.29 is 0 Å². The van der Waals surface area contributed by atoms with Gasteiger partial charge in [-0.2, -0.15) is 0 Å². The van der Waals surface area contributed by atoms with Crippen LogP contribution in [-0.4, -0.2) is 26.5 Å². The van der Waals surface area contributed by atoms with Crippen molar-refractivity contribution >= 4 is 58.8 Å². The monoisotopic (exact) mass is 445 g/mol. The number of nitrogens with zero attached hydrogens (tertiary/aromatic N) is 5. The van der Waals surface area contributed by atoms with Crippen LogP contribution < -0.4 is 4.90 Å². The van der Waals surface area contributed by atoms with Gasteiger partial charge in [0, 0.05) is 35.0 Å². The van der Waals surface area contributed by atoms with Crippen molar-refractivity contribution in [3.63, 3.8) is 0 Å². The summed E-state index contributed by atoms with van der Waals surface area (Å²) in [4.78, 5) is 20.4. The molecule has 3 heterocycles. The van der Waals surface area contributed by atoms with Crippen LogP contribution in [0.1, 0.15) is 11.1 Å². The van der Waals surface area contributed by atoms with Crippen LogP contribution in [0, 0.1) is 6.92 Å². The molecule has 5 nitrogen and oxygen atoms in total. The second kappa shape index (κ2) is 8.49. The third kappa shape index (κ3) is 3.86. The fourth-order valence-electron chi connectivity index (χ4n) is 3.55. The minimum absolute atomic E-state index is 0. The van der Waals surface area contributed by atoms with Crippen molar-refractivity contribution in [2.45, 2.75) is 13.3 Å². The van der Waals surface area contributed by atoms with Gasteiger partial charge in [-0.25, -0.2) is 15.0 Å². The second-order valence-electron chi connectivity index (χ2n) is 6.66. The lowest BCUT2D eigenvalue weighted by Gasteiger charge is -2.21. The molecule has 0 bridgehead atoms. The molecule has 148 valence electrons. The third-order valence-corrected chi connectivity index (χ3v) is 5.05. The molecule has 2 aromatic carbocycles. The fourth-order valence-corrected chi connectivity index (χ4v) is 3.75. The zero-order valence-electron chi connectivity index (χ0n) is 15.5. The maximum Gasteiger partial charge on any atom is 0.182 e. The van der Waals surface area contributed by atoms with E-state index in [1.165, 1.54) is 11.1 Å². The van der Waals surface area contributed by atoms with Crippen LogP contribution in [0.2, 0.25) is 5.02 Å². The molecule has 2 aromatic heterocycles. The van der Waals surface area contributed by atoms with Crippen molar-refractivity contribution in [2.24, 2.45) is 0 Å². The number of hydrogen-bond donors (Lipinski definition) is 0. The Labute approximate surface area is 186 Å². The molecule has 5 rings (SSSR count). The number of benzene rings is 2. The summed E-state index contributed by atoms with van der Waals surface area (Å²) in [6.07, 6.45) is 5.94. The Hall–Kier alpha value is -2.47. The van der Waals surface area contributed by atoms with Gasteiger partial charge in [0.15, 0.2) is 5.82 Å². The molecule has 0 amide bonds. The van der Waals surface area contributed by atoms with Crippen molar-refractivity contribution in [3.8, 4) is 11.5 Å². The van der Waals surface area contributed by atoms with Gasteiger partial charge in [0.1, 0.15) is 11.5 Å². The van der Waals surface area contributed by atoms with Gasteiger partial charge in [0.25, 0.3) is 0 Å². The molecule has 0 atom stereocenters. The molecule has 4 aromatic rings. The number of halogens is 3. The average molecular weight is 447 g/mol. The molecule has 0 radical (unpaired) electrons. The fraction of sp³-hybridized carbons (Fsp3) is 0.143. The summed E-state index contributed by atoms with van der Waals surface area (Å²) in [6, 6.07) is 12.3. The maximum atomic E-state index is 6.18. The highest BCUT2D eigenvalue weighted by molar-refractivity contribution is 6.30. The highest BCUT2D eigenvalue weighted by Crippen LogP contribution is 2.38. The van der Waals surface area contributed by atoms with Crippen LogP contribution in [0.15, 0.2) is 55.0 Å². The Morgan fingerprint density at radius 2 is 1.86 bits per heavy atom. The van der Waals surface area contributed by atoms with Gasteiger partial charge in [-0.05, 0) is 49.2 Å². The first-order chi connectivity index (χ1) is 13.2. The Bertz CT molecular complexity index is 1170. The van der Waals surface area contributed by atoms with E-state index in [9.17, 15) is 0 Å². The highest BCUT2D eigenvalue weighted by atomic mass is 35.5. The molecule has 1 aliphatic heterocycles. The average Bonchev–Trinajstić information content (AvgIpc) is 3.10. The molecule has 0 saturated heterocycles. The number of aryl methyl sites for hydroxylation is 1. The summed E-state index contributed by atoms with van der Waals surface area (Å²) in [6.45, 7) is 2.94. The van der Waals surface area contributed by atoms with E-state index in [0.29, 0.717) is 11.5 Å². The molecule has 0 unspecified atom stereocenters. The third-order valence-electron chi connectivity index (χ3n) is 4.82. The first kappa shape index (κ1) is 21.2. The number of rotatable bonds is 2. The van der Waals surface area contributed by atoms with Crippen molar-refractivity contribution in [2.75, 3.05) is 11.4 Å².